The van der Waals surface area contributed by atoms with Gasteiger partial charge in [-0.15, -0.1) is 11.3 Å². The van der Waals surface area contributed by atoms with Gasteiger partial charge in [0.15, 0.2) is 5.65 Å². The molecule has 0 saturated carbocycles. The van der Waals surface area contributed by atoms with Gasteiger partial charge in [-0.25, -0.2) is 14.7 Å². The molecule has 114 valence electrons. The molecule has 7 heteroatoms. The van der Waals surface area contributed by atoms with Crippen LogP contribution in [0.15, 0.2) is 29.8 Å². The SMILES string of the molecule is CON(C)C(=O)c1cc(C)nc2c1cnn2Cc1cccs1. The van der Waals surface area contributed by atoms with Crippen LogP contribution in [0.4, 0.5) is 0 Å². The zero-order valence-electron chi connectivity index (χ0n) is 12.6. The number of fused-ring (bicyclic) bond motifs is 1. The first-order valence-electron chi connectivity index (χ1n) is 6.78. The predicted octanol–water partition coefficient (Wildman–Crippen LogP) is 2.48. The van der Waals surface area contributed by atoms with Crippen LogP contribution < -0.4 is 0 Å². The zero-order valence-corrected chi connectivity index (χ0v) is 13.4. The summed E-state index contributed by atoms with van der Waals surface area (Å²) in [6.45, 7) is 2.51. The molecule has 0 spiro atoms. The molecule has 0 aliphatic rings. The summed E-state index contributed by atoms with van der Waals surface area (Å²) in [5.74, 6) is -0.214. The van der Waals surface area contributed by atoms with E-state index in [1.165, 1.54) is 17.1 Å². The summed E-state index contributed by atoms with van der Waals surface area (Å²) in [6, 6.07) is 5.82. The van der Waals surface area contributed by atoms with Gasteiger partial charge in [-0.3, -0.25) is 9.63 Å². The van der Waals surface area contributed by atoms with Crippen molar-refractivity contribution in [1.82, 2.24) is 19.8 Å². The lowest BCUT2D eigenvalue weighted by molar-refractivity contribution is -0.0755. The Morgan fingerprint density at radius 2 is 2.32 bits per heavy atom. The van der Waals surface area contributed by atoms with Crippen LogP contribution in [0.5, 0.6) is 0 Å². The maximum Gasteiger partial charge on any atom is 0.278 e. The highest BCUT2D eigenvalue weighted by molar-refractivity contribution is 7.09. The average Bonchev–Trinajstić information content (AvgIpc) is 3.16. The van der Waals surface area contributed by atoms with Gasteiger partial charge in [-0.2, -0.15) is 5.10 Å². The average molecular weight is 316 g/mol. The molecule has 0 saturated heterocycles. The molecule has 0 bridgehead atoms. The van der Waals surface area contributed by atoms with Crippen LogP contribution in [0.25, 0.3) is 11.0 Å². The fourth-order valence-electron chi connectivity index (χ4n) is 2.27. The molecule has 3 rings (SSSR count). The number of carbonyl (C=O) groups is 1. The van der Waals surface area contributed by atoms with E-state index in [-0.39, 0.29) is 5.91 Å². The molecule has 1 amide bonds. The van der Waals surface area contributed by atoms with E-state index in [2.05, 4.69) is 16.1 Å². The van der Waals surface area contributed by atoms with E-state index >= 15 is 0 Å². The lowest BCUT2D eigenvalue weighted by Crippen LogP contribution is -2.25. The minimum Gasteiger partial charge on any atom is -0.274 e. The van der Waals surface area contributed by atoms with Crippen molar-refractivity contribution in [3.05, 3.63) is 45.9 Å². The Labute approximate surface area is 131 Å². The molecular formula is C15H16N4O2S. The summed E-state index contributed by atoms with van der Waals surface area (Å²) >= 11 is 1.67. The molecular weight excluding hydrogens is 300 g/mol. The number of rotatable bonds is 4. The number of nitrogens with zero attached hydrogens (tertiary/aromatic N) is 4. The standard InChI is InChI=1S/C15H16N4O2S/c1-10-7-12(15(20)18(2)21-3)13-8-16-19(14(13)17-10)9-11-5-4-6-22-11/h4-8H,9H2,1-3H3. The van der Waals surface area contributed by atoms with E-state index in [0.29, 0.717) is 17.8 Å². The predicted molar refractivity (Wildman–Crippen MR) is 84.8 cm³/mol. The van der Waals surface area contributed by atoms with Gasteiger partial charge < -0.3 is 0 Å². The molecule has 22 heavy (non-hydrogen) atoms. The number of hydrogen-bond donors (Lipinski definition) is 0. The van der Waals surface area contributed by atoms with Gasteiger partial charge in [0.25, 0.3) is 5.91 Å². The molecule has 3 aromatic rings. The van der Waals surface area contributed by atoms with E-state index in [1.807, 2.05) is 23.1 Å². The highest BCUT2D eigenvalue weighted by atomic mass is 32.1. The Hall–Kier alpha value is -2.25. The molecule has 0 radical (unpaired) electrons. The summed E-state index contributed by atoms with van der Waals surface area (Å²) in [7, 11) is 3.04. The first kappa shape index (κ1) is 14.7. The molecule has 0 atom stereocenters. The molecule has 0 fully saturated rings. The number of pyridine rings is 1. The van der Waals surface area contributed by atoms with Crippen LogP contribution in [-0.2, 0) is 11.4 Å². The van der Waals surface area contributed by atoms with Gasteiger partial charge in [0, 0.05) is 17.6 Å². The van der Waals surface area contributed by atoms with Crippen molar-refractivity contribution in [3.8, 4) is 0 Å². The van der Waals surface area contributed by atoms with Crippen LogP contribution in [-0.4, -0.2) is 39.9 Å². The highest BCUT2D eigenvalue weighted by Crippen LogP contribution is 2.21. The molecule has 0 unspecified atom stereocenters. The van der Waals surface area contributed by atoms with Crippen molar-refractivity contribution in [2.75, 3.05) is 14.2 Å². The summed E-state index contributed by atoms with van der Waals surface area (Å²) < 4.78 is 1.82. The first-order chi connectivity index (χ1) is 10.6. The summed E-state index contributed by atoms with van der Waals surface area (Å²) in [4.78, 5) is 23.1. The monoisotopic (exact) mass is 316 g/mol. The normalized spacial score (nSPS) is 11.0. The molecule has 0 aromatic carbocycles. The fraction of sp³-hybridized carbons (Fsp3) is 0.267. The van der Waals surface area contributed by atoms with Crippen molar-refractivity contribution >= 4 is 28.3 Å². The minimum absolute atomic E-state index is 0.214. The number of thiophene rings is 1. The van der Waals surface area contributed by atoms with Gasteiger partial charge in [-0.1, -0.05) is 6.07 Å². The van der Waals surface area contributed by atoms with E-state index < -0.39 is 0 Å². The van der Waals surface area contributed by atoms with Crippen molar-refractivity contribution in [2.45, 2.75) is 13.5 Å². The largest absolute Gasteiger partial charge is 0.278 e. The maximum absolute atomic E-state index is 12.4. The Bertz CT molecular complexity index is 810. The molecule has 3 heterocycles. The number of hydroxylamine groups is 2. The van der Waals surface area contributed by atoms with Gasteiger partial charge in [-0.05, 0) is 24.4 Å². The van der Waals surface area contributed by atoms with Gasteiger partial charge in [0.2, 0.25) is 0 Å². The number of amides is 1. The quantitative estimate of drug-likeness (QED) is 0.694. The van der Waals surface area contributed by atoms with Gasteiger partial charge in [0.1, 0.15) is 0 Å². The number of aryl methyl sites for hydroxylation is 1. The van der Waals surface area contributed by atoms with E-state index in [0.717, 1.165) is 11.1 Å². The van der Waals surface area contributed by atoms with E-state index in [9.17, 15) is 4.79 Å². The van der Waals surface area contributed by atoms with Crippen molar-refractivity contribution in [3.63, 3.8) is 0 Å². The minimum atomic E-state index is -0.214. The number of aromatic nitrogens is 3. The first-order valence-corrected chi connectivity index (χ1v) is 7.66. The topological polar surface area (TPSA) is 60.2 Å². The molecule has 6 nitrogen and oxygen atoms in total. The molecule has 0 aliphatic heterocycles. The van der Waals surface area contributed by atoms with Crippen molar-refractivity contribution in [2.24, 2.45) is 0 Å². The summed E-state index contributed by atoms with van der Waals surface area (Å²) in [5, 5.41) is 8.35. The number of carbonyl (C=O) groups excluding carboxylic acids is 1. The van der Waals surface area contributed by atoms with Crippen LogP contribution >= 0.6 is 11.3 Å². The van der Waals surface area contributed by atoms with E-state index in [1.54, 1.807) is 30.6 Å². The molecule has 0 aliphatic carbocycles. The highest BCUT2D eigenvalue weighted by Gasteiger charge is 2.19. The second-order valence-corrected chi connectivity index (χ2v) is 5.95. The maximum atomic E-state index is 12.4. The summed E-state index contributed by atoms with van der Waals surface area (Å²) in [6.07, 6.45) is 1.69. The molecule has 0 N–H and O–H groups in total. The second kappa shape index (κ2) is 5.86. The van der Waals surface area contributed by atoms with Crippen LogP contribution in [0.1, 0.15) is 20.9 Å². The Morgan fingerprint density at radius 3 is 3.00 bits per heavy atom. The third kappa shape index (κ3) is 2.60. The smallest absolute Gasteiger partial charge is 0.274 e. The third-order valence-electron chi connectivity index (χ3n) is 3.41. The zero-order chi connectivity index (χ0) is 15.7. The van der Waals surface area contributed by atoms with Gasteiger partial charge >= 0.3 is 0 Å². The van der Waals surface area contributed by atoms with Crippen molar-refractivity contribution in [1.29, 1.82) is 0 Å². The third-order valence-corrected chi connectivity index (χ3v) is 4.27. The Kier molecular flexibility index (Phi) is 3.91. The fourth-order valence-corrected chi connectivity index (χ4v) is 2.95. The molecule has 3 aromatic heterocycles. The van der Waals surface area contributed by atoms with E-state index in [4.69, 9.17) is 4.84 Å². The van der Waals surface area contributed by atoms with Crippen LogP contribution in [0, 0.1) is 6.92 Å². The summed E-state index contributed by atoms with van der Waals surface area (Å²) in [5.41, 5.74) is 2.03. The lowest BCUT2D eigenvalue weighted by Gasteiger charge is -2.14. The van der Waals surface area contributed by atoms with Crippen LogP contribution in [0.3, 0.4) is 0 Å². The van der Waals surface area contributed by atoms with Crippen LogP contribution in [0.2, 0.25) is 0 Å². The Morgan fingerprint density at radius 1 is 1.50 bits per heavy atom. The Balaban J connectivity index is 2.08. The van der Waals surface area contributed by atoms with Crippen molar-refractivity contribution < 1.29 is 9.63 Å². The van der Waals surface area contributed by atoms with Gasteiger partial charge in [0.05, 0.1) is 30.8 Å². The lowest BCUT2D eigenvalue weighted by atomic mass is 10.1. The second-order valence-electron chi connectivity index (χ2n) is 4.92. The number of hydrogen-bond acceptors (Lipinski definition) is 5.